The molecule has 5 nitrogen and oxygen atoms in total. The van der Waals surface area contributed by atoms with E-state index in [1.54, 1.807) is 13.3 Å². The molecule has 0 saturated carbocycles. The van der Waals surface area contributed by atoms with Crippen molar-refractivity contribution in [2.75, 3.05) is 40.1 Å². The lowest BCUT2D eigenvalue weighted by Gasteiger charge is -2.07. The SMILES string of the molecule is CCCNCc1ccc(OCCCOCCOC)cn1. The van der Waals surface area contributed by atoms with Crippen molar-refractivity contribution in [3.05, 3.63) is 24.0 Å². The molecule has 0 atom stereocenters. The normalized spacial score (nSPS) is 10.7. The average Bonchev–Trinajstić information content (AvgIpc) is 2.48. The van der Waals surface area contributed by atoms with Crippen molar-refractivity contribution < 1.29 is 14.2 Å². The Hall–Kier alpha value is -1.17. The van der Waals surface area contributed by atoms with Crippen LogP contribution in [0.3, 0.4) is 0 Å². The number of rotatable bonds is 12. The topological polar surface area (TPSA) is 52.6 Å². The van der Waals surface area contributed by atoms with Gasteiger partial charge in [0.05, 0.1) is 31.7 Å². The van der Waals surface area contributed by atoms with Crippen LogP contribution in [0.15, 0.2) is 18.3 Å². The van der Waals surface area contributed by atoms with Crippen LogP contribution in [0.4, 0.5) is 0 Å². The van der Waals surface area contributed by atoms with Gasteiger partial charge in [0, 0.05) is 26.7 Å². The van der Waals surface area contributed by atoms with E-state index in [-0.39, 0.29) is 0 Å². The minimum absolute atomic E-state index is 0.636. The minimum Gasteiger partial charge on any atom is -0.492 e. The van der Waals surface area contributed by atoms with Crippen molar-refractivity contribution in [3.63, 3.8) is 0 Å². The summed E-state index contributed by atoms with van der Waals surface area (Å²) >= 11 is 0. The molecule has 0 unspecified atom stereocenters. The summed E-state index contributed by atoms with van der Waals surface area (Å²) in [6, 6.07) is 3.95. The predicted octanol–water partition coefficient (Wildman–Crippen LogP) is 2.01. The highest BCUT2D eigenvalue weighted by Gasteiger charge is 1.97. The van der Waals surface area contributed by atoms with Crippen molar-refractivity contribution in [2.24, 2.45) is 0 Å². The summed E-state index contributed by atoms with van der Waals surface area (Å²) in [5.74, 6) is 0.807. The van der Waals surface area contributed by atoms with Crippen molar-refractivity contribution in [3.8, 4) is 5.75 Å². The monoisotopic (exact) mass is 282 g/mol. The molecule has 0 fully saturated rings. The van der Waals surface area contributed by atoms with E-state index in [1.807, 2.05) is 12.1 Å². The Kier molecular flexibility index (Phi) is 9.83. The first-order valence-electron chi connectivity index (χ1n) is 7.22. The van der Waals surface area contributed by atoms with Crippen LogP contribution in [0.2, 0.25) is 0 Å². The highest BCUT2D eigenvalue weighted by atomic mass is 16.5. The summed E-state index contributed by atoms with van der Waals surface area (Å²) < 4.78 is 15.9. The van der Waals surface area contributed by atoms with Crippen LogP contribution in [0.1, 0.15) is 25.5 Å². The van der Waals surface area contributed by atoms with Gasteiger partial charge < -0.3 is 19.5 Å². The molecule has 0 aliphatic carbocycles. The molecule has 1 N–H and O–H groups in total. The first-order valence-corrected chi connectivity index (χ1v) is 7.22. The van der Waals surface area contributed by atoms with Crippen molar-refractivity contribution in [1.82, 2.24) is 10.3 Å². The van der Waals surface area contributed by atoms with Gasteiger partial charge in [-0.2, -0.15) is 0 Å². The summed E-state index contributed by atoms with van der Waals surface area (Å²) in [6.45, 7) is 6.58. The average molecular weight is 282 g/mol. The lowest BCUT2D eigenvalue weighted by Crippen LogP contribution is -2.14. The zero-order valence-corrected chi connectivity index (χ0v) is 12.6. The van der Waals surface area contributed by atoms with Gasteiger partial charge in [-0.3, -0.25) is 4.98 Å². The Bertz CT molecular complexity index is 330. The fraction of sp³-hybridized carbons (Fsp3) is 0.667. The van der Waals surface area contributed by atoms with Gasteiger partial charge >= 0.3 is 0 Å². The van der Waals surface area contributed by atoms with Crippen LogP contribution in [0.25, 0.3) is 0 Å². The Labute approximate surface area is 121 Å². The van der Waals surface area contributed by atoms with Crippen molar-refractivity contribution in [2.45, 2.75) is 26.3 Å². The molecule has 5 heteroatoms. The third-order valence-corrected chi connectivity index (χ3v) is 2.66. The van der Waals surface area contributed by atoms with Gasteiger partial charge in [-0.15, -0.1) is 0 Å². The van der Waals surface area contributed by atoms with E-state index in [9.17, 15) is 0 Å². The van der Waals surface area contributed by atoms with E-state index in [4.69, 9.17) is 14.2 Å². The Morgan fingerprint density at radius 2 is 2.05 bits per heavy atom. The van der Waals surface area contributed by atoms with Gasteiger partial charge in [-0.25, -0.2) is 0 Å². The van der Waals surface area contributed by atoms with Gasteiger partial charge in [0.1, 0.15) is 5.75 Å². The summed E-state index contributed by atoms with van der Waals surface area (Å²) in [5.41, 5.74) is 1.04. The summed E-state index contributed by atoms with van der Waals surface area (Å²) in [7, 11) is 1.67. The van der Waals surface area contributed by atoms with Gasteiger partial charge in [-0.05, 0) is 25.1 Å². The Balaban J connectivity index is 2.08. The molecule has 0 saturated heterocycles. The molecule has 1 aromatic rings. The van der Waals surface area contributed by atoms with E-state index >= 15 is 0 Å². The molecular formula is C15H26N2O3. The van der Waals surface area contributed by atoms with Crippen LogP contribution in [0.5, 0.6) is 5.75 Å². The molecule has 114 valence electrons. The van der Waals surface area contributed by atoms with Gasteiger partial charge in [0.25, 0.3) is 0 Å². The van der Waals surface area contributed by atoms with Crippen LogP contribution < -0.4 is 10.1 Å². The van der Waals surface area contributed by atoms with Gasteiger partial charge in [0.15, 0.2) is 0 Å². The zero-order valence-electron chi connectivity index (χ0n) is 12.6. The molecule has 0 spiro atoms. The van der Waals surface area contributed by atoms with E-state index in [0.717, 1.165) is 37.4 Å². The van der Waals surface area contributed by atoms with Crippen LogP contribution in [0, 0.1) is 0 Å². The number of methoxy groups -OCH3 is 1. The second kappa shape index (κ2) is 11.6. The fourth-order valence-corrected chi connectivity index (χ4v) is 1.59. The van der Waals surface area contributed by atoms with E-state index in [2.05, 4.69) is 17.2 Å². The van der Waals surface area contributed by atoms with Crippen LogP contribution in [-0.4, -0.2) is 45.1 Å². The number of aromatic nitrogens is 1. The molecule has 1 rings (SSSR count). The fourth-order valence-electron chi connectivity index (χ4n) is 1.59. The van der Waals surface area contributed by atoms with E-state index < -0.39 is 0 Å². The maximum atomic E-state index is 5.60. The number of nitrogens with one attached hydrogen (secondary N) is 1. The lowest BCUT2D eigenvalue weighted by atomic mass is 10.3. The highest BCUT2D eigenvalue weighted by molar-refractivity contribution is 5.19. The maximum absolute atomic E-state index is 5.60. The Morgan fingerprint density at radius 3 is 2.75 bits per heavy atom. The molecule has 0 aliphatic heterocycles. The molecule has 1 heterocycles. The number of hydrogen-bond donors (Lipinski definition) is 1. The molecule has 0 radical (unpaired) electrons. The largest absolute Gasteiger partial charge is 0.492 e. The van der Waals surface area contributed by atoms with Gasteiger partial charge in [-0.1, -0.05) is 6.92 Å². The number of nitrogens with zero attached hydrogens (tertiary/aromatic N) is 1. The van der Waals surface area contributed by atoms with Crippen LogP contribution >= 0.6 is 0 Å². The van der Waals surface area contributed by atoms with Gasteiger partial charge in [0.2, 0.25) is 0 Å². The van der Waals surface area contributed by atoms with Crippen LogP contribution in [-0.2, 0) is 16.0 Å². The Morgan fingerprint density at radius 1 is 1.15 bits per heavy atom. The first kappa shape index (κ1) is 16.9. The molecule has 0 aromatic carbocycles. The number of pyridine rings is 1. The quantitative estimate of drug-likeness (QED) is 0.594. The smallest absolute Gasteiger partial charge is 0.137 e. The zero-order chi connectivity index (χ0) is 14.5. The minimum atomic E-state index is 0.636. The lowest BCUT2D eigenvalue weighted by molar-refractivity contribution is 0.0644. The standard InChI is InChI=1S/C15H26N2O3/c1-3-7-16-12-14-5-6-15(13-17-14)20-9-4-8-19-11-10-18-2/h5-6,13,16H,3-4,7-12H2,1-2H3. The second-order valence-electron chi connectivity index (χ2n) is 4.47. The first-order chi connectivity index (χ1) is 9.86. The molecular weight excluding hydrogens is 256 g/mol. The molecule has 0 aliphatic rings. The number of hydrogen-bond acceptors (Lipinski definition) is 5. The molecule has 0 bridgehead atoms. The molecule has 20 heavy (non-hydrogen) atoms. The number of ether oxygens (including phenoxy) is 3. The summed E-state index contributed by atoms with van der Waals surface area (Å²) in [6.07, 6.45) is 3.77. The maximum Gasteiger partial charge on any atom is 0.137 e. The third kappa shape index (κ3) is 8.09. The third-order valence-electron chi connectivity index (χ3n) is 2.66. The predicted molar refractivity (Wildman–Crippen MR) is 79.0 cm³/mol. The van der Waals surface area contributed by atoms with E-state index in [1.165, 1.54) is 0 Å². The molecule has 0 amide bonds. The second-order valence-corrected chi connectivity index (χ2v) is 4.47. The summed E-state index contributed by atoms with van der Waals surface area (Å²) in [4.78, 5) is 4.35. The van der Waals surface area contributed by atoms with E-state index in [0.29, 0.717) is 26.4 Å². The van der Waals surface area contributed by atoms with Crippen molar-refractivity contribution in [1.29, 1.82) is 0 Å². The highest BCUT2D eigenvalue weighted by Crippen LogP contribution is 2.09. The summed E-state index contributed by atoms with van der Waals surface area (Å²) in [5, 5.41) is 3.32. The van der Waals surface area contributed by atoms with Crippen molar-refractivity contribution >= 4 is 0 Å². The molecule has 1 aromatic heterocycles.